The van der Waals surface area contributed by atoms with Crippen molar-refractivity contribution in [3.8, 4) is 0 Å². The van der Waals surface area contributed by atoms with E-state index in [0.717, 1.165) is 109 Å². The fourth-order valence-corrected chi connectivity index (χ4v) is 9.03. The van der Waals surface area contributed by atoms with Crippen molar-refractivity contribution >= 4 is 17.9 Å². The molecular formula is C69H120O6. The Balaban J connectivity index is 4.24. The van der Waals surface area contributed by atoms with E-state index in [1.807, 2.05) is 0 Å². The third-order valence-electron chi connectivity index (χ3n) is 13.9. The molecule has 0 spiro atoms. The molecule has 0 radical (unpaired) electrons. The lowest BCUT2D eigenvalue weighted by Gasteiger charge is -2.18. The first-order chi connectivity index (χ1) is 37.0. The van der Waals surface area contributed by atoms with Gasteiger partial charge in [-0.15, -0.1) is 0 Å². The highest BCUT2D eigenvalue weighted by Crippen LogP contribution is 2.16. The van der Waals surface area contributed by atoms with Gasteiger partial charge < -0.3 is 14.2 Å². The maximum Gasteiger partial charge on any atom is 0.306 e. The van der Waals surface area contributed by atoms with Crippen LogP contribution in [0.3, 0.4) is 0 Å². The number of allylic oxidation sites excluding steroid dienone is 14. The number of unbranched alkanes of at least 4 members (excludes halogenated alkanes) is 33. The van der Waals surface area contributed by atoms with Crippen LogP contribution in [-0.4, -0.2) is 37.2 Å². The van der Waals surface area contributed by atoms with Gasteiger partial charge in [0.1, 0.15) is 13.2 Å². The zero-order chi connectivity index (χ0) is 54.3. The van der Waals surface area contributed by atoms with Crippen LogP contribution in [0.1, 0.15) is 316 Å². The monoisotopic (exact) mass is 1040 g/mol. The minimum absolute atomic E-state index is 0.0837. The average Bonchev–Trinajstić information content (AvgIpc) is 3.41. The number of carbonyl (C=O) groups is 3. The first-order valence-corrected chi connectivity index (χ1v) is 32.1. The summed E-state index contributed by atoms with van der Waals surface area (Å²) in [5.41, 5.74) is 0. The quantitative estimate of drug-likeness (QED) is 0.0261. The Morgan fingerprint density at radius 2 is 0.533 bits per heavy atom. The molecule has 0 N–H and O–H groups in total. The lowest BCUT2D eigenvalue weighted by Crippen LogP contribution is -2.30. The Morgan fingerprint density at radius 1 is 0.280 bits per heavy atom. The van der Waals surface area contributed by atoms with Crippen LogP contribution in [0.15, 0.2) is 85.1 Å². The highest BCUT2D eigenvalue weighted by atomic mass is 16.6. The summed E-state index contributed by atoms with van der Waals surface area (Å²) in [6.45, 7) is 6.49. The number of hydrogen-bond acceptors (Lipinski definition) is 6. The van der Waals surface area contributed by atoms with Gasteiger partial charge in [-0.2, -0.15) is 0 Å². The van der Waals surface area contributed by atoms with Gasteiger partial charge in [-0.3, -0.25) is 14.4 Å². The minimum atomic E-state index is -0.788. The predicted molar refractivity (Wildman–Crippen MR) is 325 cm³/mol. The molecule has 0 aromatic carbocycles. The van der Waals surface area contributed by atoms with Crippen LogP contribution in [0.4, 0.5) is 0 Å². The molecule has 0 fully saturated rings. The van der Waals surface area contributed by atoms with Gasteiger partial charge in [-0.25, -0.2) is 0 Å². The van der Waals surface area contributed by atoms with Crippen molar-refractivity contribution in [3.05, 3.63) is 85.1 Å². The van der Waals surface area contributed by atoms with E-state index >= 15 is 0 Å². The summed E-state index contributed by atoms with van der Waals surface area (Å²) in [6, 6.07) is 0. The smallest absolute Gasteiger partial charge is 0.306 e. The molecule has 0 bridgehead atoms. The van der Waals surface area contributed by atoms with E-state index in [0.29, 0.717) is 19.3 Å². The molecule has 1 unspecified atom stereocenters. The molecule has 75 heavy (non-hydrogen) atoms. The number of hydrogen-bond donors (Lipinski definition) is 0. The van der Waals surface area contributed by atoms with Crippen LogP contribution in [-0.2, 0) is 28.6 Å². The second-order valence-corrected chi connectivity index (χ2v) is 21.3. The third-order valence-corrected chi connectivity index (χ3v) is 13.9. The van der Waals surface area contributed by atoms with Gasteiger partial charge in [-0.05, 0) is 109 Å². The van der Waals surface area contributed by atoms with Gasteiger partial charge in [0.2, 0.25) is 0 Å². The van der Waals surface area contributed by atoms with Gasteiger partial charge in [0.25, 0.3) is 0 Å². The molecule has 6 heteroatoms. The molecule has 0 saturated carbocycles. The molecule has 432 valence electrons. The van der Waals surface area contributed by atoms with E-state index in [-0.39, 0.29) is 31.1 Å². The molecule has 6 nitrogen and oxygen atoms in total. The third kappa shape index (κ3) is 61.3. The largest absolute Gasteiger partial charge is 0.462 e. The Morgan fingerprint density at radius 3 is 0.867 bits per heavy atom. The van der Waals surface area contributed by atoms with Gasteiger partial charge in [0.05, 0.1) is 0 Å². The maximum absolute atomic E-state index is 12.9. The van der Waals surface area contributed by atoms with Crippen molar-refractivity contribution in [2.45, 2.75) is 322 Å². The maximum atomic E-state index is 12.9. The molecule has 0 aromatic heterocycles. The van der Waals surface area contributed by atoms with Crippen LogP contribution >= 0.6 is 0 Å². The van der Waals surface area contributed by atoms with E-state index in [1.54, 1.807) is 0 Å². The molecule has 0 aliphatic heterocycles. The van der Waals surface area contributed by atoms with Gasteiger partial charge in [0.15, 0.2) is 6.10 Å². The van der Waals surface area contributed by atoms with Crippen LogP contribution < -0.4 is 0 Å². The van der Waals surface area contributed by atoms with E-state index < -0.39 is 6.10 Å². The molecule has 0 amide bonds. The van der Waals surface area contributed by atoms with Crippen LogP contribution in [0, 0.1) is 0 Å². The topological polar surface area (TPSA) is 78.9 Å². The Labute approximate surface area is 465 Å². The van der Waals surface area contributed by atoms with Gasteiger partial charge in [-0.1, -0.05) is 273 Å². The van der Waals surface area contributed by atoms with Crippen molar-refractivity contribution in [2.24, 2.45) is 0 Å². The summed E-state index contributed by atoms with van der Waals surface area (Å²) in [5, 5.41) is 0. The predicted octanol–water partition coefficient (Wildman–Crippen LogP) is 21.9. The second-order valence-electron chi connectivity index (χ2n) is 21.3. The fourth-order valence-electron chi connectivity index (χ4n) is 9.03. The lowest BCUT2D eigenvalue weighted by molar-refractivity contribution is -0.167. The van der Waals surface area contributed by atoms with Gasteiger partial charge in [0, 0.05) is 19.3 Å². The molecular weight excluding hydrogens is 925 g/mol. The molecule has 0 aromatic rings. The van der Waals surface area contributed by atoms with E-state index in [4.69, 9.17) is 14.2 Å². The Bertz CT molecular complexity index is 1430. The molecule has 1 atom stereocenters. The SMILES string of the molecule is CC/C=C\C/C=C\C/C=C\C/C=C\CCCCCCCCC(=O)OC(COC(=O)CCCCCCC/C=C\CCCC)COC(=O)CCCCCCCCCCCCCCCCC/C=C\C/C=C\CCCCCCC. The van der Waals surface area contributed by atoms with Crippen LogP contribution in [0.25, 0.3) is 0 Å². The van der Waals surface area contributed by atoms with Crippen molar-refractivity contribution in [2.75, 3.05) is 13.2 Å². The molecule has 0 saturated heterocycles. The summed E-state index contributed by atoms with van der Waals surface area (Å²) in [7, 11) is 0. The van der Waals surface area contributed by atoms with Crippen molar-refractivity contribution in [1.29, 1.82) is 0 Å². The molecule has 0 aliphatic carbocycles. The highest BCUT2D eigenvalue weighted by molar-refractivity contribution is 5.71. The zero-order valence-electron chi connectivity index (χ0n) is 49.6. The Hall–Kier alpha value is -3.41. The molecule has 0 heterocycles. The van der Waals surface area contributed by atoms with E-state index in [1.165, 1.54) is 167 Å². The number of esters is 3. The normalized spacial score (nSPS) is 12.6. The first-order valence-electron chi connectivity index (χ1n) is 32.1. The summed E-state index contributed by atoms with van der Waals surface area (Å²) in [4.78, 5) is 38.2. The summed E-state index contributed by atoms with van der Waals surface area (Å²) in [6.07, 6.45) is 83.1. The van der Waals surface area contributed by atoms with Crippen molar-refractivity contribution in [1.82, 2.24) is 0 Å². The zero-order valence-corrected chi connectivity index (χ0v) is 49.6. The highest BCUT2D eigenvalue weighted by Gasteiger charge is 2.19. The summed E-state index contributed by atoms with van der Waals surface area (Å²) < 4.78 is 16.9. The average molecular weight is 1050 g/mol. The summed E-state index contributed by atoms with van der Waals surface area (Å²) in [5.74, 6) is -0.898. The number of rotatable bonds is 58. The minimum Gasteiger partial charge on any atom is -0.462 e. The summed E-state index contributed by atoms with van der Waals surface area (Å²) >= 11 is 0. The van der Waals surface area contributed by atoms with E-state index in [9.17, 15) is 14.4 Å². The second kappa shape index (κ2) is 63.1. The first kappa shape index (κ1) is 71.6. The lowest BCUT2D eigenvalue weighted by atomic mass is 10.0. The van der Waals surface area contributed by atoms with Crippen LogP contribution in [0.5, 0.6) is 0 Å². The van der Waals surface area contributed by atoms with Crippen molar-refractivity contribution < 1.29 is 28.6 Å². The standard InChI is InChI=1S/C69H120O6/c1-4-7-10-13-16-19-22-24-26-28-30-31-32-33-34-35-36-37-39-40-42-44-47-50-53-56-59-62-68(71)74-65-66(64-73-67(70)61-58-55-52-49-46-21-18-15-12-9-6-3)75-69(72)63-60-57-54-51-48-45-43-41-38-29-27-25-23-20-17-14-11-8-5-2/h8,11,15,17-18,20,22,24-25,27-28,30,38,41,66H,4-7,9-10,12-14,16,19,21,23,26,29,31-37,39-40,42-65H2,1-3H3/b11-8-,18-15-,20-17-,24-22-,27-25-,30-28-,41-38-. The number of ether oxygens (including phenoxy) is 3. The number of carbonyl (C=O) groups excluding carboxylic acids is 3. The van der Waals surface area contributed by atoms with Crippen molar-refractivity contribution in [3.63, 3.8) is 0 Å². The molecule has 0 rings (SSSR count). The molecule has 0 aliphatic rings. The van der Waals surface area contributed by atoms with Gasteiger partial charge >= 0.3 is 17.9 Å². The Kier molecular flexibility index (Phi) is 60.3. The fraction of sp³-hybridized carbons (Fsp3) is 0.754. The van der Waals surface area contributed by atoms with E-state index in [2.05, 4.69) is 106 Å². The van der Waals surface area contributed by atoms with Crippen LogP contribution in [0.2, 0.25) is 0 Å².